The van der Waals surface area contributed by atoms with E-state index in [9.17, 15) is 5.11 Å². The minimum atomic E-state index is -0.389. The zero-order valence-corrected chi connectivity index (χ0v) is 10.7. The van der Waals surface area contributed by atoms with Crippen molar-refractivity contribution in [3.8, 4) is 0 Å². The topological polar surface area (TPSA) is 41.9 Å². The fraction of sp³-hybridized carbons (Fsp3) is 1.00. The zero-order valence-electron chi connectivity index (χ0n) is 10.7. The molecular formula is C12H25NO3. The fourth-order valence-corrected chi connectivity index (χ4v) is 1.86. The lowest BCUT2D eigenvalue weighted by atomic mass is 10.3. The molecule has 0 radical (unpaired) electrons. The van der Waals surface area contributed by atoms with Crippen LogP contribution in [0.4, 0.5) is 0 Å². The molecule has 4 heteroatoms. The third-order valence-electron chi connectivity index (χ3n) is 2.89. The van der Waals surface area contributed by atoms with E-state index in [4.69, 9.17) is 9.47 Å². The Hall–Kier alpha value is -0.160. The number of aliphatic hydroxyl groups excluding tert-OH is 1. The van der Waals surface area contributed by atoms with Crippen molar-refractivity contribution in [3.63, 3.8) is 0 Å². The number of likely N-dealkylation sites (N-methyl/N-ethyl adjacent to an activating group) is 1. The fourth-order valence-electron chi connectivity index (χ4n) is 1.86. The van der Waals surface area contributed by atoms with Crippen molar-refractivity contribution in [1.82, 2.24) is 4.90 Å². The van der Waals surface area contributed by atoms with Crippen LogP contribution in [0, 0.1) is 0 Å². The van der Waals surface area contributed by atoms with Crippen LogP contribution in [-0.2, 0) is 9.47 Å². The molecule has 96 valence electrons. The lowest BCUT2D eigenvalue weighted by molar-refractivity contribution is -0.0399. The van der Waals surface area contributed by atoms with Crippen molar-refractivity contribution in [2.24, 2.45) is 0 Å². The van der Waals surface area contributed by atoms with Gasteiger partial charge in [0.2, 0.25) is 0 Å². The lowest BCUT2D eigenvalue weighted by Crippen LogP contribution is -2.37. The van der Waals surface area contributed by atoms with Gasteiger partial charge in [-0.05, 0) is 26.3 Å². The van der Waals surface area contributed by atoms with E-state index in [0.29, 0.717) is 19.3 Å². The van der Waals surface area contributed by atoms with Gasteiger partial charge in [-0.1, -0.05) is 6.92 Å². The summed E-state index contributed by atoms with van der Waals surface area (Å²) in [6.45, 7) is 6.80. The Labute approximate surface area is 98.5 Å². The van der Waals surface area contributed by atoms with Crippen molar-refractivity contribution >= 4 is 0 Å². The Kier molecular flexibility index (Phi) is 6.28. The Morgan fingerprint density at radius 1 is 1.38 bits per heavy atom. The van der Waals surface area contributed by atoms with Crippen LogP contribution in [0.25, 0.3) is 0 Å². The maximum Gasteiger partial charge on any atom is 0.0900 e. The van der Waals surface area contributed by atoms with Crippen molar-refractivity contribution in [2.45, 2.75) is 44.9 Å². The highest BCUT2D eigenvalue weighted by Gasteiger charge is 2.28. The third kappa shape index (κ3) is 5.25. The first kappa shape index (κ1) is 13.9. The summed E-state index contributed by atoms with van der Waals surface area (Å²) in [5.41, 5.74) is 0. The highest BCUT2D eigenvalue weighted by atomic mass is 16.5. The highest BCUT2D eigenvalue weighted by molar-refractivity contribution is 4.84. The molecule has 16 heavy (non-hydrogen) atoms. The van der Waals surface area contributed by atoms with Gasteiger partial charge in [-0.25, -0.2) is 0 Å². The highest BCUT2D eigenvalue weighted by Crippen LogP contribution is 2.26. The largest absolute Gasteiger partial charge is 0.389 e. The van der Waals surface area contributed by atoms with Gasteiger partial charge < -0.3 is 14.6 Å². The van der Waals surface area contributed by atoms with E-state index in [1.54, 1.807) is 7.11 Å². The predicted octanol–water partition coefficient (Wildman–Crippen LogP) is 0.883. The molecule has 0 aromatic rings. The monoisotopic (exact) mass is 231 g/mol. The van der Waals surface area contributed by atoms with Gasteiger partial charge in [-0.3, -0.25) is 4.90 Å². The summed E-state index contributed by atoms with van der Waals surface area (Å²) in [4.78, 5) is 2.33. The number of ether oxygens (including phenoxy) is 2. The van der Waals surface area contributed by atoms with Gasteiger partial charge >= 0.3 is 0 Å². The summed E-state index contributed by atoms with van der Waals surface area (Å²) in [7, 11) is 1.65. The minimum Gasteiger partial charge on any atom is -0.389 e. The summed E-state index contributed by atoms with van der Waals surface area (Å²) in [6.07, 6.45) is 2.22. The Morgan fingerprint density at radius 2 is 2.06 bits per heavy atom. The molecule has 2 atom stereocenters. The van der Waals surface area contributed by atoms with Crippen LogP contribution >= 0.6 is 0 Å². The summed E-state index contributed by atoms with van der Waals surface area (Å²) >= 11 is 0. The normalized spacial score (nSPS) is 20.1. The van der Waals surface area contributed by atoms with E-state index in [2.05, 4.69) is 11.8 Å². The minimum absolute atomic E-state index is 0.0515. The number of aliphatic hydroxyl groups is 1. The van der Waals surface area contributed by atoms with E-state index in [1.165, 1.54) is 12.8 Å². The molecule has 1 N–H and O–H groups in total. The van der Waals surface area contributed by atoms with Crippen molar-refractivity contribution < 1.29 is 14.6 Å². The van der Waals surface area contributed by atoms with Gasteiger partial charge in [0, 0.05) is 19.7 Å². The molecule has 0 saturated heterocycles. The molecule has 0 aromatic heterocycles. The van der Waals surface area contributed by atoms with E-state index >= 15 is 0 Å². The van der Waals surface area contributed by atoms with Gasteiger partial charge in [-0.2, -0.15) is 0 Å². The molecular weight excluding hydrogens is 206 g/mol. The quantitative estimate of drug-likeness (QED) is 0.640. The second-order valence-corrected chi connectivity index (χ2v) is 4.57. The molecule has 0 amide bonds. The smallest absolute Gasteiger partial charge is 0.0900 e. The molecule has 1 fully saturated rings. The van der Waals surface area contributed by atoms with Crippen molar-refractivity contribution in [1.29, 1.82) is 0 Å². The maximum absolute atomic E-state index is 9.84. The van der Waals surface area contributed by atoms with Crippen LogP contribution in [0.2, 0.25) is 0 Å². The molecule has 0 spiro atoms. The van der Waals surface area contributed by atoms with E-state index in [0.717, 1.165) is 13.1 Å². The molecule has 1 saturated carbocycles. The van der Waals surface area contributed by atoms with Crippen LogP contribution < -0.4 is 0 Å². The van der Waals surface area contributed by atoms with Gasteiger partial charge in [0.25, 0.3) is 0 Å². The summed E-state index contributed by atoms with van der Waals surface area (Å²) < 4.78 is 10.5. The van der Waals surface area contributed by atoms with Gasteiger partial charge in [0.1, 0.15) is 0 Å². The molecule has 0 heterocycles. The first-order chi connectivity index (χ1) is 7.67. The predicted molar refractivity (Wildman–Crippen MR) is 63.6 cm³/mol. The molecule has 1 aliphatic carbocycles. The summed E-state index contributed by atoms with van der Waals surface area (Å²) in [5, 5.41) is 9.84. The zero-order chi connectivity index (χ0) is 12.0. The Morgan fingerprint density at radius 3 is 2.56 bits per heavy atom. The number of hydrogen-bond acceptors (Lipinski definition) is 4. The Bertz CT molecular complexity index is 185. The maximum atomic E-state index is 9.84. The second-order valence-electron chi connectivity index (χ2n) is 4.57. The van der Waals surface area contributed by atoms with Crippen LogP contribution in [-0.4, -0.2) is 61.7 Å². The van der Waals surface area contributed by atoms with Crippen molar-refractivity contribution in [2.75, 3.05) is 33.4 Å². The van der Waals surface area contributed by atoms with Crippen LogP contribution in [0.1, 0.15) is 26.7 Å². The summed E-state index contributed by atoms with van der Waals surface area (Å²) in [6, 6.07) is 0.705. The second kappa shape index (κ2) is 7.22. The number of rotatable bonds is 9. The number of nitrogens with zero attached hydrogens (tertiary/aromatic N) is 1. The lowest BCUT2D eigenvalue weighted by Gasteiger charge is -2.24. The summed E-state index contributed by atoms with van der Waals surface area (Å²) in [5.74, 6) is 0. The van der Waals surface area contributed by atoms with E-state index in [1.807, 2.05) is 6.92 Å². The molecule has 0 aromatic carbocycles. The van der Waals surface area contributed by atoms with Crippen molar-refractivity contribution in [3.05, 3.63) is 0 Å². The third-order valence-corrected chi connectivity index (χ3v) is 2.89. The molecule has 1 aliphatic rings. The van der Waals surface area contributed by atoms with Crippen LogP contribution in [0.3, 0.4) is 0 Å². The van der Waals surface area contributed by atoms with Crippen LogP contribution in [0.5, 0.6) is 0 Å². The van der Waals surface area contributed by atoms with Gasteiger partial charge in [0.05, 0.1) is 25.4 Å². The standard InChI is InChI=1S/C12H25NO3/c1-4-13(11-5-6-11)7-12(14)9-16-10(2)8-15-3/h10-12,14H,4-9H2,1-3H3. The number of methoxy groups -OCH3 is 1. The van der Waals surface area contributed by atoms with Gasteiger partial charge in [0.15, 0.2) is 0 Å². The SMILES string of the molecule is CCN(CC(O)COC(C)COC)C1CC1. The molecule has 1 rings (SSSR count). The average Bonchev–Trinajstić information content (AvgIpc) is 3.07. The van der Waals surface area contributed by atoms with Crippen LogP contribution in [0.15, 0.2) is 0 Å². The molecule has 2 unspecified atom stereocenters. The van der Waals surface area contributed by atoms with Gasteiger partial charge in [-0.15, -0.1) is 0 Å². The molecule has 0 bridgehead atoms. The Balaban J connectivity index is 2.11. The number of hydrogen-bond donors (Lipinski definition) is 1. The molecule has 0 aliphatic heterocycles. The first-order valence-electron chi connectivity index (χ1n) is 6.20. The molecule has 4 nitrogen and oxygen atoms in total. The van der Waals surface area contributed by atoms with E-state index < -0.39 is 0 Å². The first-order valence-corrected chi connectivity index (χ1v) is 6.20. The average molecular weight is 231 g/mol. The van der Waals surface area contributed by atoms with E-state index in [-0.39, 0.29) is 12.2 Å².